The van der Waals surface area contributed by atoms with E-state index >= 15 is 0 Å². The number of hydrogen-bond acceptors (Lipinski definition) is 1. The van der Waals surface area contributed by atoms with Crippen LogP contribution in [0.5, 0.6) is 0 Å². The van der Waals surface area contributed by atoms with Crippen LogP contribution >= 0.6 is 0 Å². The molecule has 0 saturated heterocycles. The van der Waals surface area contributed by atoms with Gasteiger partial charge in [0, 0.05) is 0 Å². The standard InChI is InChI=1S/C12H27OSi2.3C4H9.Sn/c1-12(2,3)15(7,8)13-10-9-11-14(4,5)6;3*1-3-4-2;/h10H,11H2,1-8H3;3*1,3-4H2,2H3;. The first kappa shape index (κ1) is 28.8. The van der Waals surface area contributed by atoms with E-state index in [0.717, 1.165) is 0 Å². The Morgan fingerprint density at radius 2 is 1.18 bits per heavy atom. The van der Waals surface area contributed by atoms with Gasteiger partial charge >= 0.3 is 186 Å². The topological polar surface area (TPSA) is 9.23 Å². The van der Waals surface area contributed by atoms with Crippen LogP contribution in [0.4, 0.5) is 0 Å². The Hall–Kier alpha value is 0.772. The molecule has 0 aliphatic rings. The van der Waals surface area contributed by atoms with Crippen LogP contribution in [0.2, 0.25) is 57.1 Å². The molecular formula is C24H54OSi2Sn. The summed E-state index contributed by atoms with van der Waals surface area (Å²) in [5, 5.41) is 0.280. The SMILES string of the molecule is CCC[CH2][Sn]([CH2]CCC)([CH2]CCC)/[C](=C/O[Si](C)(C)C(C)(C)C)C[Si](C)(C)C. The summed E-state index contributed by atoms with van der Waals surface area (Å²) in [4.78, 5) is 0. The quantitative estimate of drug-likeness (QED) is 0.160. The molecule has 0 amide bonds. The normalized spacial score (nSPS) is 14.5. The summed E-state index contributed by atoms with van der Waals surface area (Å²) >= 11 is -2.40. The van der Waals surface area contributed by atoms with Crippen LogP contribution in [-0.2, 0) is 4.43 Å². The fourth-order valence-corrected chi connectivity index (χ4v) is 28.8. The Morgan fingerprint density at radius 3 is 1.46 bits per heavy atom. The van der Waals surface area contributed by atoms with Crippen molar-refractivity contribution in [3.05, 3.63) is 9.85 Å². The van der Waals surface area contributed by atoms with Gasteiger partial charge < -0.3 is 0 Å². The van der Waals surface area contributed by atoms with Crippen molar-refractivity contribution in [1.29, 1.82) is 0 Å². The van der Waals surface area contributed by atoms with Gasteiger partial charge in [-0.1, -0.05) is 0 Å². The summed E-state index contributed by atoms with van der Waals surface area (Å²) in [6, 6.07) is 1.38. The summed E-state index contributed by atoms with van der Waals surface area (Å²) in [5.41, 5.74) is 0. The third kappa shape index (κ3) is 10.2. The van der Waals surface area contributed by atoms with E-state index in [1.807, 2.05) is 3.59 Å². The fraction of sp³-hybridized carbons (Fsp3) is 0.917. The second-order valence-electron chi connectivity index (χ2n) is 11.8. The van der Waals surface area contributed by atoms with Gasteiger partial charge in [0.2, 0.25) is 0 Å². The van der Waals surface area contributed by atoms with Crippen LogP contribution in [0.25, 0.3) is 0 Å². The van der Waals surface area contributed by atoms with Crippen molar-refractivity contribution >= 4 is 34.8 Å². The molecule has 0 atom stereocenters. The van der Waals surface area contributed by atoms with Gasteiger partial charge in [-0.2, -0.15) is 0 Å². The third-order valence-electron chi connectivity index (χ3n) is 6.73. The molecule has 0 aliphatic carbocycles. The molecule has 0 fully saturated rings. The second-order valence-corrected chi connectivity index (χ2v) is 35.5. The van der Waals surface area contributed by atoms with Crippen molar-refractivity contribution in [2.75, 3.05) is 0 Å². The molecule has 0 aliphatic heterocycles. The van der Waals surface area contributed by atoms with Crippen LogP contribution in [-0.4, -0.2) is 34.8 Å². The number of allylic oxidation sites excluding steroid dienone is 1. The van der Waals surface area contributed by atoms with Crippen molar-refractivity contribution in [2.45, 2.75) is 137 Å². The maximum atomic E-state index is 6.80. The van der Waals surface area contributed by atoms with E-state index in [-0.39, 0.29) is 5.04 Å². The molecule has 0 aromatic heterocycles. The molecule has 0 rings (SSSR count). The predicted octanol–water partition coefficient (Wildman–Crippen LogP) is 9.62. The van der Waals surface area contributed by atoms with E-state index in [2.05, 4.69) is 80.5 Å². The van der Waals surface area contributed by atoms with E-state index in [1.165, 1.54) is 44.6 Å². The van der Waals surface area contributed by atoms with Crippen molar-refractivity contribution in [2.24, 2.45) is 0 Å². The van der Waals surface area contributed by atoms with Crippen LogP contribution < -0.4 is 0 Å². The Balaban J connectivity index is 6.14. The van der Waals surface area contributed by atoms with Crippen molar-refractivity contribution in [3.8, 4) is 0 Å². The molecule has 1 nitrogen and oxygen atoms in total. The second kappa shape index (κ2) is 12.6. The zero-order valence-electron chi connectivity index (χ0n) is 21.6. The molecule has 0 saturated carbocycles. The van der Waals surface area contributed by atoms with Gasteiger partial charge in [-0.15, -0.1) is 0 Å². The first-order chi connectivity index (χ1) is 12.7. The van der Waals surface area contributed by atoms with E-state index in [4.69, 9.17) is 4.43 Å². The molecule has 4 heteroatoms. The third-order valence-corrected chi connectivity index (χ3v) is 29.5. The summed E-state index contributed by atoms with van der Waals surface area (Å²) in [5.74, 6) is 0. The van der Waals surface area contributed by atoms with Crippen molar-refractivity contribution in [3.63, 3.8) is 0 Å². The summed E-state index contributed by atoms with van der Waals surface area (Å²) in [6.07, 6.45) is 10.8. The average molecular weight is 534 g/mol. The maximum absolute atomic E-state index is 6.80. The first-order valence-electron chi connectivity index (χ1n) is 12.1. The summed E-state index contributed by atoms with van der Waals surface area (Å²) < 4.78 is 13.4. The van der Waals surface area contributed by atoms with Gasteiger partial charge in [0.05, 0.1) is 0 Å². The van der Waals surface area contributed by atoms with Crippen molar-refractivity contribution < 1.29 is 4.43 Å². The van der Waals surface area contributed by atoms with Gasteiger partial charge in [-0.3, -0.25) is 0 Å². The molecule has 0 heterocycles. The number of rotatable bonds is 14. The Bertz CT molecular complexity index is 436. The first-order valence-corrected chi connectivity index (χ1v) is 26.2. The Morgan fingerprint density at radius 1 is 0.786 bits per heavy atom. The zero-order valence-corrected chi connectivity index (χ0v) is 26.4. The van der Waals surface area contributed by atoms with E-state index in [9.17, 15) is 0 Å². The number of hydrogen-bond donors (Lipinski definition) is 0. The van der Waals surface area contributed by atoms with Gasteiger partial charge in [-0.25, -0.2) is 0 Å². The van der Waals surface area contributed by atoms with Crippen LogP contribution in [0.15, 0.2) is 9.85 Å². The number of unbranched alkanes of at least 4 members (excludes halogenated alkanes) is 3. The molecule has 168 valence electrons. The summed E-state index contributed by atoms with van der Waals surface area (Å²) in [7, 11) is -2.91. The molecule has 0 radical (unpaired) electrons. The Labute approximate surface area is 185 Å². The van der Waals surface area contributed by atoms with E-state index in [0.29, 0.717) is 0 Å². The molecule has 0 unspecified atom stereocenters. The molecule has 28 heavy (non-hydrogen) atoms. The van der Waals surface area contributed by atoms with Crippen molar-refractivity contribution in [1.82, 2.24) is 0 Å². The van der Waals surface area contributed by atoms with Crippen LogP contribution in [0.1, 0.15) is 80.1 Å². The minimum absolute atomic E-state index is 0.280. The molecule has 0 spiro atoms. The molecular weight excluding hydrogens is 479 g/mol. The molecule has 0 aromatic rings. The predicted molar refractivity (Wildman–Crippen MR) is 139 cm³/mol. The van der Waals surface area contributed by atoms with E-state index < -0.39 is 34.8 Å². The average Bonchev–Trinajstić information content (AvgIpc) is 2.56. The van der Waals surface area contributed by atoms with Gasteiger partial charge in [0.15, 0.2) is 0 Å². The molecule has 0 aromatic carbocycles. The van der Waals surface area contributed by atoms with Gasteiger partial charge in [-0.05, 0) is 0 Å². The van der Waals surface area contributed by atoms with Crippen LogP contribution in [0.3, 0.4) is 0 Å². The molecule has 0 bridgehead atoms. The molecule has 0 N–H and O–H groups in total. The Kier molecular flexibility index (Phi) is 12.9. The van der Waals surface area contributed by atoms with Gasteiger partial charge in [0.1, 0.15) is 0 Å². The summed E-state index contributed by atoms with van der Waals surface area (Å²) in [6.45, 7) is 26.7. The van der Waals surface area contributed by atoms with E-state index in [1.54, 1.807) is 13.3 Å². The fourth-order valence-electron chi connectivity index (χ4n) is 3.72. The zero-order chi connectivity index (χ0) is 22.1. The monoisotopic (exact) mass is 534 g/mol. The minimum atomic E-state index is -2.40. The van der Waals surface area contributed by atoms with Gasteiger partial charge in [0.25, 0.3) is 0 Å². The van der Waals surface area contributed by atoms with Crippen LogP contribution in [0, 0.1) is 0 Å².